The van der Waals surface area contributed by atoms with Gasteiger partial charge in [-0.2, -0.15) is 0 Å². The van der Waals surface area contributed by atoms with Crippen LogP contribution in [0.4, 0.5) is 0 Å². The van der Waals surface area contributed by atoms with E-state index in [1.54, 1.807) is 0 Å². The predicted molar refractivity (Wildman–Crippen MR) is 79.0 cm³/mol. The summed E-state index contributed by atoms with van der Waals surface area (Å²) in [6.45, 7) is 6.89. The summed E-state index contributed by atoms with van der Waals surface area (Å²) in [5.41, 5.74) is 2.62. The van der Waals surface area contributed by atoms with Crippen molar-refractivity contribution in [1.29, 1.82) is 0 Å². The lowest BCUT2D eigenvalue weighted by Crippen LogP contribution is -2.21. The van der Waals surface area contributed by atoms with Crippen LogP contribution in [-0.4, -0.2) is 0 Å². The van der Waals surface area contributed by atoms with E-state index in [4.69, 9.17) is 0 Å². The summed E-state index contributed by atoms with van der Waals surface area (Å²) in [6.07, 6.45) is 16.7. The van der Waals surface area contributed by atoms with Crippen molar-refractivity contribution < 1.29 is 0 Å². The van der Waals surface area contributed by atoms with Crippen LogP contribution < -0.4 is 0 Å². The van der Waals surface area contributed by atoms with Crippen molar-refractivity contribution in [1.82, 2.24) is 0 Å². The molecule has 0 radical (unpaired) electrons. The van der Waals surface area contributed by atoms with Gasteiger partial charge in [-0.15, -0.1) is 0 Å². The highest BCUT2D eigenvalue weighted by atomic mass is 14.3. The summed E-state index contributed by atoms with van der Waals surface area (Å²) >= 11 is 0. The Bertz CT molecular complexity index is 486. The van der Waals surface area contributed by atoms with Gasteiger partial charge in [0.05, 0.1) is 0 Å². The zero-order valence-electron chi connectivity index (χ0n) is 11.7. The quantitative estimate of drug-likeness (QED) is 0.575. The predicted octanol–water partition coefficient (Wildman–Crippen LogP) is 4.81. The van der Waals surface area contributed by atoms with Crippen LogP contribution in [0.1, 0.15) is 40.0 Å². The van der Waals surface area contributed by atoms with Crippen LogP contribution in [0.2, 0.25) is 0 Å². The number of hydrogen-bond donors (Lipinski definition) is 0. The fourth-order valence-electron chi connectivity index (χ4n) is 2.12. The van der Waals surface area contributed by atoms with E-state index < -0.39 is 0 Å². The Morgan fingerprint density at radius 1 is 1.06 bits per heavy atom. The van der Waals surface area contributed by atoms with Gasteiger partial charge in [0, 0.05) is 11.1 Å². The molecule has 0 saturated carbocycles. The summed E-state index contributed by atoms with van der Waals surface area (Å²) in [6, 6.07) is 0. The highest BCUT2D eigenvalue weighted by Gasteiger charge is 2.25. The second kappa shape index (κ2) is 5.44. The number of hydrogen-bond acceptors (Lipinski definition) is 0. The third-order valence-electron chi connectivity index (χ3n) is 4.07. The van der Waals surface area contributed by atoms with E-state index in [0.29, 0.717) is 11.3 Å². The lowest BCUT2D eigenvalue weighted by molar-refractivity contribution is 0.298. The van der Waals surface area contributed by atoms with Crippen LogP contribution in [0, 0.1) is 23.2 Å². The topological polar surface area (TPSA) is 0 Å². The minimum Gasteiger partial charge on any atom is -0.0830 e. The molecule has 0 aromatic carbocycles. The molecule has 0 bridgehead atoms. The first kappa shape index (κ1) is 13.0. The molecule has 0 heterocycles. The molecular weight excluding hydrogens is 216 g/mol. The SMILES string of the molecule is CC(C)C1(C)C=CC(C#CC2=CCCC=C2)=CC1. The lowest BCUT2D eigenvalue weighted by atomic mass is 9.73. The minimum atomic E-state index is 0.301. The summed E-state index contributed by atoms with van der Waals surface area (Å²) in [7, 11) is 0. The molecule has 94 valence electrons. The smallest absolute Gasteiger partial charge is 0.0206 e. The Kier molecular flexibility index (Phi) is 3.92. The highest BCUT2D eigenvalue weighted by Crippen LogP contribution is 2.36. The largest absolute Gasteiger partial charge is 0.0830 e. The zero-order valence-corrected chi connectivity index (χ0v) is 11.7. The average molecular weight is 238 g/mol. The number of allylic oxidation sites excluding steroid dienone is 8. The van der Waals surface area contributed by atoms with Gasteiger partial charge in [-0.05, 0) is 30.6 Å². The first-order chi connectivity index (χ1) is 8.60. The molecule has 0 spiro atoms. The Morgan fingerprint density at radius 3 is 2.28 bits per heavy atom. The van der Waals surface area contributed by atoms with E-state index in [-0.39, 0.29) is 0 Å². The van der Waals surface area contributed by atoms with Crippen LogP contribution in [0.3, 0.4) is 0 Å². The molecule has 1 unspecified atom stereocenters. The molecule has 0 saturated heterocycles. The van der Waals surface area contributed by atoms with Crippen molar-refractivity contribution in [3.63, 3.8) is 0 Å². The van der Waals surface area contributed by atoms with Crippen LogP contribution in [0.25, 0.3) is 0 Å². The van der Waals surface area contributed by atoms with Crippen LogP contribution >= 0.6 is 0 Å². The standard InChI is InChI=1S/C18H22/c1-15(2)18(3)13-11-17(12-14-18)10-9-16-7-5-4-6-8-16/h5,7-8,11-13,15H,4,6,14H2,1-3H3. The first-order valence-corrected chi connectivity index (χ1v) is 6.88. The van der Waals surface area contributed by atoms with Gasteiger partial charge < -0.3 is 0 Å². The molecule has 0 nitrogen and oxygen atoms in total. The molecule has 0 aromatic heterocycles. The van der Waals surface area contributed by atoms with E-state index in [9.17, 15) is 0 Å². The van der Waals surface area contributed by atoms with Crippen LogP contribution in [0.5, 0.6) is 0 Å². The van der Waals surface area contributed by atoms with E-state index in [0.717, 1.165) is 30.4 Å². The molecule has 18 heavy (non-hydrogen) atoms. The monoisotopic (exact) mass is 238 g/mol. The maximum absolute atomic E-state index is 3.27. The number of rotatable bonds is 1. The zero-order chi connectivity index (χ0) is 13.0. The molecule has 0 aromatic rings. The van der Waals surface area contributed by atoms with E-state index in [1.165, 1.54) is 0 Å². The highest BCUT2D eigenvalue weighted by molar-refractivity contribution is 5.48. The lowest BCUT2D eigenvalue weighted by Gasteiger charge is -2.31. The molecule has 0 heteroatoms. The Balaban J connectivity index is 2.04. The van der Waals surface area contributed by atoms with Gasteiger partial charge in [0.25, 0.3) is 0 Å². The van der Waals surface area contributed by atoms with Gasteiger partial charge in [0.1, 0.15) is 0 Å². The van der Waals surface area contributed by atoms with Gasteiger partial charge in [0.2, 0.25) is 0 Å². The van der Waals surface area contributed by atoms with E-state index in [2.05, 4.69) is 69.1 Å². The first-order valence-electron chi connectivity index (χ1n) is 6.88. The van der Waals surface area contributed by atoms with Crippen LogP contribution in [-0.2, 0) is 0 Å². The minimum absolute atomic E-state index is 0.301. The van der Waals surface area contributed by atoms with Crippen molar-refractivity contribution in [3.05, 3.63) is 47.6 Å². The molecule has 0 amide bonds. The van der Waals surface area contributed by atoms with Crippen molar-refractivity contribution in [3.8, 4) is 11.8 Å². The van der Waals surface area contributed by atoms with Crippen molar-refractivity contribution in [2.24, 2.45) is 11.3 Å². The maximum Gasteiger partial charge on any atom is 0.0206 e. The molecule has 2 aliphatic rings. The van der Waals surface area contributed by atoms with Crippen molar-refractivity contribution in [2.75, 3.05) is 0 Å². The molecule has 0 fully saturated rings. The maximum atomic E-state index is 3.27. The molecular formula is C18H22. The summed E-state index contributed by atoms with van der Waals surface area (Å²) in [5.74, 6) is 7.20. The molecule has 0 aliphatic heterocycles. The average Bonchev–Trinajstić information content (AvgIpc) is 2.39. The molecule has 0 N–H and O–H groups in total. The Hall–Kier alpha value is -1.48. The Labute approximate surface area is 111 Å². The second-order valence-corrected chi connectivity index (χ2v) is 5.75. The van der Waals surface area contributed by atoms with Crippen molar-refractivity contribution >= 4 is 0 Å². The third-order valence-corrected chi connectivity index (χ3v) is 4.07. The second-order valence-electron chi connectivity index (χ2n) is 5.75. The van der Waals surface area contributed by atoms with E-state index >= 15 is 0 Å². The summed E-state index contributed by atoms with van der Waals surface area (Å²) < 4.78 is 0. The van der Waals surface area contributed by atoms with Gasteiger partial charge in [-0.1, -0.05) is 69.1 Å². The van der Waals surface area contributed by atoms with Crippen molar-refractivity contribution in [2.45, 2.75) is 40.0 Å². The molecule has 2 aliphatic carbocycles. The normalized spacial score (nSPS) is 26.4. The van der Waals surface area contributed by atoms with Gasteiger partial charge in [-0.3, -0.25) is 0 Å². The van der Waals surface area contributed by atoms with Gasteiger partial charge >= 0.3 is 0 Å². The molecule has 2 rings (SSSR count). The fraction of sp³-hybridized carbons (Fsp3) is 0.444. The van der Waals surface area contributed by atoms with Gasteiger partial charge in [-0.25, -0.2) is 0 Å². The Morgan fingerprint density at radius 2 is 1.78 bits per heavy atom. The van der Waals surface area contributed by atoms with Crippen LogP contribution in [0.15, 0.2) is 47.6 Å². The third kappa shape index (κ3) is 3.05. The molecule has 1 atom stereocenters. The summed E-state index contributed by atoms with van der Waals surface area (Å²) in [5, 5.41) is 0. The fourth-order valence-corrected chi connectivity index (χ4v) is 2.12. The summed E-state index contributed by atoms with van der Waals surface area (Å²) in [4.78, 5) is 0. The van der Waals surface area contributed by atoms with E-state index in [1.807, 2.05) is 0 Å². The van der Waals surface area contributed by atoms with Gasteiger partial charge in [0.15, 0.2) is 0 Å².